The molecule has 3 aromatic rings. The molecule has 0 bridgehead atoms. The monoisotopic (exact) mass is 542 g/mol. The van der Waals surface area contributed by atoms with Gasteiger partial charge in [-0.05, 0) is 55.5 Å². The highest BCUT2D eigenvalue weighted by molar-refractivity contribution is 5.85. The molecule has 1 aliphatic rings. The normalized spacial score (nSPS) is 15.9. The number of hydrogen-bond donors (Lipinski definition) is 3. The number of aliphatic carboxylic acids is 1. The van der Waals surface area contributed by atoms with E-state index in [1.807, 2.05) is 4.90 Å². The first-order valence-electron chi connectivity index (χ1n) is 12.5. The smallest absolute Gasteiger partial charge is 0.309 e. The SMILES string of the molecule is COc1ccc2ncc(CO)c(C(O)CCC3(C(=O)O)CCN(CC#Cc4cc(F)cc(F)c4F)CC3)c2c1. The van der Waals surface area contributed by atoms with E-state index in [-0.39, 0.29) is 31.6 Å². The molecule has 0 aliphatic carbocycles. The molecule has 206 valence electrons. The molecule has 3 N–H and O–H groups in total. The van der Waals surface area contributed by atoms with E-state index in [1.165, 1.54) is 13.3 Å². The Morgan fingerprint density at radius 3 is 2.62 bits per heavy atom. The van der Waals surface area contributed by atoms with Gasteiger partial charge in [-0.3, -0.25) is 14.7 Å². The molecular formula is C29H29F3N2O5. The number of benzene rings is 2. The van der Waals surface area contributed by atoms with Gasteiger partial charge in [0.25, 0.3) is 0 Å². The Balaban J connectivity index is 1.44. The van der Waals surface area contributed by atoms with Crippen LogP contribution in [-0.4, -0.2) is 57.9 Å². The third-order valence-corrected chi connectivity index (χ3v) is 7.38. The van der Waals surface area contributed by atoms with E-state index >= 15 is 0 Å². The van der Waals surface area contributed by atoms with Crippen molar-refractivity contribution in [3.8, 4) is 17.6 Å². The van der Waals surface area contributed by atoms with Gasteiger partial charge in [0.15, 0.2) is 11.6 Å². The largest absolute Gasteiger partial charge is 0.497 e. The van der Waals surface area contributed by atoms with E-state index in [0.29, 0.717) is 59.8 Å². The first-order valence-corrected chi connectivity index (χ1v) is 12.5. The minimum absolute atomic E-state index is 0.153. The van der Waals surface area contributed by atoms with Gasteiger partial charge in [0.1, 0.15) is 11.6 Å². The molecule has 2 aromatic carbocycles. The molecule has 1 saturated heterocycles. The molecule has 0 saturated carbocycles. The van der Waals surface area contributed by atoms with Gasteiger partial charge in [0, 0.05) is 36.3 Å². The minimum atomic E-state index is -1.31. The number of pyridine rings is 1. The second kappa shape index (κ2) is 12.0. The Hall–Kier alpha value is -3.65. The third-order valence-electron chi connectivity index (χ3n) is 7.38. The zero-order valence-corrected chi connectivity index (χ0v) is 21.4. The quantitative estimate of drug-likeness (QED) is 0.290. The average Bonchev–Trinajstić information content (AvgIpc) is 2.93. The van der Waals surface area contributed by atoms with Crippen LogP contribution in [-0.2, 0) is 11.4 Å². The fourth-order valence-corrected chi connectivity index (χ4v) is 5.04. The van der Waals surface area contributed by atoms with Crippen molar-refractivity contribution in [2.75, 3.05) is 26.7 Å². The number of aliphatic hydroxyl groups is 2. The van der Waals surface area contributed by atoms with E-state index < -0.39 is 34.9 Å². The maximum absolute atomic E-state index is 13.8. The van der Waals surface area contributed by atoms with Crippen LogP contribution in [0.15, 0.2) is 36.5 Å². The van der Waals surface area contributed by atoms with Crippen molar-refractivity contribution < 1.29 is 38.0 Å². The van der Waals surface area contributed by atoms with Crippen LogP contribution in [0.1, 0.15) is 48.5 Å². The summed E-state index contributed by atoms with van der Waals surface area (Å²) >= 11 is 0. The summed E-state index contributed by atoms with van der Waals surface area (Å²) in [7, 11) is 1.52. The zero-order valence-electron chi connectivity index (χ0n) is 21.4. The molecule has 7 nitrogen and oxygen atoms in total. The lowest BCUT2D eigenvalue weighted by atomic mass is 9.74. The van der Waals surface area contributed by atoms with E-state index in [1.54, 1.807) is 18.2 Å². The zero-order chi connectivity index (χ0) is 28.2. The van der Waals surface area contributed by atoms with E-state index in [9.17, 15) is 33.3 Å². The van der Waals surface area contributed by atoms with Crippen LogP contribution >= 0.6 is 0 Å². The van der Waals surface area contributed by atoms with Gasteiger partial charge in [-0.25, -0.2) is 13.2 Å². The van der Waals surface area contributed by atoms with Crippen LogP contribution in [0.2, 0.25) is 0 Å². The van der Waals surface area contributed by atoms with Gasteiger partial charge in [-0.1, -0.05) is 11.8 Å². The number of likely N-dealkylation sites (tertiary alicyclic amines) is 1. The summed E-state index contributed by atoms with van der Waals surface area (Å²) in [5.41, 5.74) is 0.126. The summed E-state index contributed by atoms with van der Waals surface area (Å²) < 4.78 is 45.9. The second-order valence-electron chi connectivity index (χ2n) is 9.71. The van der Waals surface area contributed by atoms with Crippen molar-refractivity contribution in [3.63, 3.8) is 0 Å². The van der Waals surface area contributed by atoms with Crippen LogP contribution < -0.4 is 4.74 Å². The number of rotatable bonds is 8. The Morgan fingerprint density at radius 1 is 1.21 bits per heavy atom. The minimum Gasteiger partial charge on any atom is -0.497 e. The van der Waals surface area contributed by atoms with Gasteiger partial charge >= 0.3 is 5.97 Å². The lowest BCUT2D eigenvalue weighted by Crippen LogP contribution is -2.44. The molecule has 0 radical (unpaired) electrons. The van der Waals surface area contributed by atoms with Crippen LogP contribution in [0.5, 0.6) is 5.75 Å². The number of piperidine rings is 1. The number of methoxy groups -OCH3 is 1. The highest BCUT2D eigenvalue weighted by Gasteiger charge is 2.41. The Kier molecular flexibility index (Phi) is 8.75. The number of aliphatic hydroxyl groups excluding tert-OH is 2. The number of carbonyl (C=O) groups is 1. The fraction of sp³-hybridized carbons (Fsp3) is 0.379. The highest BCUT2D eigenvalue weighted by atomic mass is 19.2. The Bertz CT molecular complexity index is 1420. The van der Waals surface area contributed by atoms with E-state index in [4.69, 9.17) is 4.74 Å². The molecule has 1 aliphatic heterocycles. The lowest BCUT2D eigenvalue weighted by molar-refractivity contribution is -0.153. The molecule has 1 fully saturated rings. The lowest BCUT2D eigenvalue weighted by Gasteiger charge is -2.38. The molecule has 39 heavy (non-hydrogen) atoms. The van der Waals surface area contributed by atoms with Gasteiger partial charge in [-0.2, -0.15) is 0 Å². The predicted octanol–water partition coefficient (Wildman–Crippen LogP) is 4.19. The van der Waals surface area contributed by atoms with Crippen LogP contribution in [0.25, 0.3) is 10.9 Å². The standard InChI is InChI=1S/C29H29F3N2O5/c1-39-21-4-5-24-22(15-21)26(19(17-35)16-33-24)25(36)6-7-29(28(37)38)8-11-34(12-9-29)10-2-3-18-13-20(30)14-23(31)27(18)32/h4-5,13-16,25,35-36H,6-12,17H2,1H3,(H,37,38). The van der Waals surface area contributed by atoms with Crippen LogP contribution in [0.4, 0.5) is 13.2 Å². The van der Waals surface area contributed by atoms with Crippen molar-refractivity contribution in [1.82, 2.24) is 9.88 Å². The van der Waals surface area contributed by atoms with Crippen molar-refractivity contribution in [1.29, 1.82) is 0 Å². The molecule has 2 heterocycles. The number of fused-ring (bicyclic) bond motifs is 1. The first kappa shape index (κ1) is 28.4. The number of halogens is 3. The molecule has 1 aromatic heterocycles. The Morgan fingerprint density at radius 2 is 1.95 bits per heavy atom. The number of carboxylic acid groups (broad SMARTS) is 1. The summed E-state index contributed by atoms with van der Waals surface area (Å²) in [5, 5.41) is 31.8. The van der Waals surface area contributed by atoms with Crippen LogP contribution in [0, 0.1) is 34.7 Å². The van der Waals surface area contributed by atoms with Gasteiger partial charge < -0.3 is 20.1 Å². The van der Waals surface area contributed by atoms with E-state index in [2.05, 4.69) is 16.8 Å². The summed E-state index contributed by atoms with van der Waals surface area (Å²) in [4.78, 5) is 18.6. The maximum atomic E-state index is 13.8. The van der Waals surface area contributed by atoms with Crippen molar-refractivity contribution >= 4 is 16.9 Å². The molecule has 1 unspecified atom stereocenters. The molecule has 1 atom stereocenters. The van der Waals surface area contributed by atoms with Crippen LogP contribution in [0.3, 0.4) is 0 Å². The first-order chi connectivity index (χ1) is 18.7. The van der Waals surface area contributed by atoms with Gasteiger partial charge in [0.05, 0.1) is 42.9 Å². The highest BCUT2D eigenvalue weighted by Crippen LogP contribution is 2.40. The van der Waals surface area contributed by atoms with Gasteiger partial charge in [0.2, 0.25) is 0 Å². The van der Waals surface area contributed by atoms with Crippen molar-refractivity contribution in [3.05, 3.63) is 70.7 Å². The predicted molar refractivity (Wildman–Crippen MR) is 137 cm³/mol. The number of carboxylic acids is 1. The number of aromatic nitrogens is 1. The second-order valence-corrected chi connectivity index (χ2v) is 9.71. The summed E-state index contributed by atoms with van der Waals surface area (Å²) in [6.45, 7) is 0.641. The number of ether oxygens (including phenoxy) is 1. The fourth-order valence-electron chi connectivity index (χ4n) is 5.04. The third kappa shape index (κ3) is 6.17. The molecule has 0 amide bonds. The molecule has 0 spiro atoms. The van der Waals surface area contributed by atoms with E-state index in [0.717, 1.165) is 6.07 Å². The Labute approximate surface area is 223 Å². The molecular weight excluding hydrogens is 513 g/mol. The van der Waals surface area contributed by atoms with Crippen molar-refractivity contribution in [2.45, 2.75) is 38.4 Å². The molecule has 4 rings (SSSR count). The maximum Gasteiger partial charge on any atom is 0.309 e. The number of hydrogen-bond acceptors (Lipinski definition) is 6. The summed E-state index contributed by atoms with van der Waals surface area (Å²) in [5.74, 6) is 1.32. The summed E-state index contributed by atoms with van der Waals surface area (Å²) in [6.07, 6.45) is 1.43. The van der Waals surface area contributed by atoms with Crippen molar-refractivity contribution in [2.24, 2.45) is 5.41 Å². The topological polar surface area (TPSA) is 103 Å². The molecule has 10 heteroatoms. The average molecular weight is 543 g/mol. The van der Waals surface area contributed by atoms with Gasteiger partial charge in [-0.15, -0.1) is 0 Å². The number of nitrogens with zero attached hydrogens (tertiary/aromatic N) is 2. The summed E-state index contributed by atoms with van der Waals surface area (Å²) in [6, 6.07) is 6.51.